The summed E-state index contributed by atoms with van der Waals surface area (Å²) in [4.78, 5) is 2.45. The Kier molecular flexibility index (Phi) is 7.24. The van der Waals surface area contributed by atoms with Crippen LogP contribution in [0.15, 0.2) is 67.3 Å². The number of halogens is 1. The molecule has 0 bridgehead atoms. The van der Waals surface area contributed by atoms with Crippen molar-refractivity contribution in [2.45, 2.75) is 31.3 Å². The van der Waals surface area contributed by atoms with Crippen molar-refractivity contribution in [2.75, 3.05) is 31.1 Å². The maximum absolute atomic E-state index is 13.2. The van der Waals surface area contributed by atoms with Crippen LogP contribution >= 0.6 is 0 Å². The summed E-state index contributed by atoms with van der Waals surface area (Å²) >= 11 is 0. The van der Waals surface area contributed by atoms with Gasteiger partial charge >= 0.3 is 0 Å². The summed E-state index contributed by atoms with van der Waals surface area (Å²) in [5.41, 5.74) is 1.05. The van der Waals surface area contributed by atoms with Gasteiger partial charge in [0.2, 0.25) is 0 Å². The molecular formula is C24H31FN2O. The van der Waals surface area contributed by atoms with Gasteiger partial charge in [0.1, 0.15) is 5.82 Å². The molecule has 3 rings (SSSR count). The van der Waals surface area contributed by atoms with Crippen molar-refractivity contribution in [3.63, 3.8) is 0 Å². The molecule has 0 spiro atoms. The fourth-order valence-electron chi connectivity index (χ4n) is 4.00. The second-order valence-electron chi connectivity index (χ2n) is 7.75. The first-order chi connectivity index (χ1) is 13.6. The molecule has 3 nitrogen and oxygen atoms in total. The molecule has 1 heterocycles. The third-order valence-electron chi connectivity index (χ3n) is 5.75. The summed E-state index contributed by atoms with van der Waals surface area (Å²) in [6, 6.07) is 16.7. The van der Waals surface area contributed by atoms with E-state index in [1.165, 1.54) is 30.7 Å². The molecule has 1 aliphatic rings. The van der Waals surface area contributed by atoms with E-state index in [1.807, 2.05) is 0 Å². The topological polar surface area (TPSA) is 35.5 Å². The Hall–Kier alpha value is -2.17. The van der Waals surface area contributed by atoms with Gasteiger partial charge in [-0.1, -0.05) is 36.4 Å². The smallest absolute Gasteiger partial charge is 0.123 e. The van der Waals surface area contributed by atoms with Gasteiger partial charge in [-0.15, -0.1) is 6.58 Å². The fraction of sp³-hybridized carbons (Fsp3) is 0.417. The number of nitrogens with one attached hydrogen (secondary N) is 1. The summed E-state index contributed by atoms with van der Waals surface area (Å²) < 4.78 is 13.2. The van der Waals surface area contributed by atoms with Crippen LogP contribution in [-0.4, -0.2) is 31.3 Å². The number of para-hydroxylation sites is 1. The first kappa shape index (κ1) is 20.6. The highest BCUT2D eigenvalue weighted by molar-refractivity contribution is 5.46. The molecule has 0 aromatic heterocycles. The first-order valence-electron chi connectivity index (χ1n) is 10.2. The van der Waals surface area contributed by atoms with E-state index in [9.17, 15) is 9.50 Å². The van der Waals surface area contributed by atoms with E-state index < -0.39 is 5.60 Å². The van der Waals surface area contributed by atoms with Gasteiger partial charge in [-0.05, 0) is 74.5 Å². The number of anilines is 1. The van der Waals surface area contributed by atoms with E-state index in [2.05, 4.69) is 47.1 Å². The summed E-state index contributed by atoms with van der Waals surface area (Å²) in [6.45, 7) is 7.63. The molecule has 1 fully saturated rings. The Labute approximate surface area is 167 Å². The standard InChI is InChI=1S/C24H31FN2O/c1-2-14-24(28,21-8-10-22(25)11-9-21)15-16-26-19-20-12-17-27(18-13-20)23-6-4-3-5-7-23/h2-11,20,26,28H,1,12-19H2. The zero-order valence-electron chi connectivity index (χ0n) is 16.5. The van der Waals surface area contributed by atoms with Crippen LogP contribution in [0.3, 0.4) is 0 Å². The van der Waals surface area contributed by atoms with Crippen molar-refractivity contribution >= 4 is 5.69 Å². The number of rotatable bonds is 9. The van der Waals surface area contributed by atoms with Crippen molar-refractivity contribution in [3.05, 3.63) is 78.6 Å². The maximum atomic E-state index is 13.2. The summed E-state index contributed by atoms with van der Waals surface area (Å²) in [7, 11) is 0. The van der Waals surface area contributed by atoms with E-state index in [0.717, 1.165) is 31.7 Å². The van der Waals surface area contributed by atoms with E-state index in [4.69, 9.17) is 0 Å². The summed E-state index contributed by atoms with van der Waals surface area (Å²) in [5.74, 6) is 0.378. The van der Waals surface area contributed by atoms with Crippen LogP contribution in [0.4, 0.5) is 10.1 Å². The van der Waals surface area contributed by atoms with Crippen LogP contribution < -0.4 is 10.2 Å². The molecule has 0 radical (unpaired) electrons. The molecule has 4 heteroatoms. The number of hydrogen-bond acceptors (Lipinski definition) is 3. The molecule has 0 aliphatic carbocycles. The lowest BCUT2D eigenvalue weighted by Crippen LogP contribution is -2.38. The Morgan fingerprint density at radius 1 is 1.11 bits per heavy atom. The summed E-state index contributed by atoms with van der Waals surface area (Å²) in [6.07, 6.45) is 5.11. The number of benzene rings is 2. The zero-order valence-corrected chi connectivity index (χ0v) is 16.5. The van der Waals surface area contributed by atoms with Crippen LogP contribution in [0.2, 0.25) is 0 Å². The van der Waals surface area contributed by atoms with E-state index in [-0.39, 0.29) is 5.82 Å². The normalized spacial score (nSPS) is 17.3. The molecule has 1 aliphatic heterocycles. The fourth-order valence-corrected chi connectivity index (χ4v) is 4.00. The van der Waals surface area contributed by atoms with Gasteiger partial charge < -0.3 is 15.3 Å². The minimum atomic E-state index is -1.00. The molecule has 2 aromatic carbocycles. The predicted octanol–water partition coefficient (Wildman–Crippen LogP) is 4.49. The molecule has 1 unspecified atom stereocenters. The van der Waals surface area contributed by atoms with E-state index >= 15 is 0 Å². The molecule has 28 heavy (non-hydrogen) atoms. The van der Waals surface area contributed by atoms with Gasteiger partial charge in [-0.2, -0.15) is 0 Å². The van der Waals surface area contributed by atoms with Crippen LogP contribution in [0.25, 0.3) is 0 Å². The lowest BCUT2D eigenvalue weighted by atomic mass is 9.87. The van der Waals surface area contributed by atoms with Crippen LogP contribution in [0, 0.1) is 11.7 Å². The molecule has 1 saturated heterocycles. The number of hydrogen-bond donors (Lipinski definition) is 2. The average Bonchev–Trinajstić information content (AvgIpc) is 2.73. The first-order valence-corrected chi connectivity index (χ1v) is 10.2. The SMILES string of the molecule is C=CCC(O)(CCNCC1CCN(c2ccccc2)CC1)c1ccc(F)cc1. The second-order valence-corrected chi connectivity index (χ2v) is 7.75. The van der Waals surface area contributed by atoms with Crippen molar-refractivity contribution in [2.24, 2.45) is 5.92 Å². The van der Waals surface area contributed by atoms with Gasteiger partial charge in [-0.25, -0.2) is 4.39 Å². The van der Waals surface area contributed by atoms with Crippen molar-refractivity contribution in [3.8, 4) is 0 Å². The lowest BCUT2D eigenvalue weighted by molar-refractivity contribution is 0.0305. The second kappa shape index (κ2) is 9.85. The minimum Gasteiger partial charge on any atom is -0.385 e. The Morgan fingerprint density at radius 2 is 1.79 bits per heavy atom. The van der Waals surface area contributed by atoms with Gasteiger partial charge in [0.15, 0.2) is 0 Å². The highest BCUT2D eigenvalue weighted by Crippen LogP contribution is 2.29. The summed E-state index contributed by atoms with van der Waals surface area (Å²) in [5, 5.41) is 14.5. The van der Waals surface area contributed by atoms with E-state index in [1.54, 1.807) is 18.2 Å². The van der Waals surface area contributed by atoms with Crippen molar-refractivity contribution < 1.29 is 9.50 Å². The lowest BCUT2D eigenvalue weighted by Gasteiger charge is -2.34. The van der Waals surface area contributed by atoms with E-state index in [0.29, 0.717) is 18.8 Å². The molecule has 2 N–H and O–H groups in total. The Bertz CT molecular complexity index is 726. The number of piperidine rings is 1. The van der Waals surface area contributed by atoms with Gasteiger partial charge in [0, 0.05) is 18.8 Å². The molecule has 1 atom stereocenters. The maximum Gasteiger partial charge on any atom is 0.123 e. The molecule has 2 aromatic rings. The van der Waals surface area contributed by atoms with Crippen molar-refractivity contribution in [1.82, 2.24) is 5.32 Å². The Balaban J connectivity index is 1.43. The number of aliphatic hydroxyl groups is 1. The Morgan fingerprint density at radius 3 is 2.43 bits per heavy atom. The average molecular weight is 383 g/mol. The van der Waals surface area contributed by atoms with Crippen molar-refractivity contribution in [1.29, 1.82) is 0 Å². The molecule has 0 amide bonds. The largest absolute Gasteiger partial charge is 0.385 e. The third kappa shape index (κ3) is 5.43. The van der Waals surface area contributed by atoms with Gasteiger partial charge in [0.25, 0.3) is 0 Å². The van der Waals surface area contributed by atoms with Gasteiger partial charge in [0.05, 0.1) is 5.60 Å². The quantitative estimate of drug-likeness (QED) is 0.496. The minimum absolute atomic E-state index is 0.287. The zero-order chi connectivity index (χ0) is 19.8. The monoisotopic (exact) mass is 382 g/mol. The van der Waals surface area contributed by atoms with Crippen LogP contribution in [0.1, 0.15) is 31.2 Å². The number of nitrogens with zero attached hydrogens (tertiary/aromatic N) is 1. The predicted molar refractivity (Wildman–Crippen MR) is 114 cm³/mol. The molecule has 150 valence electrons. The van der Waals surface area contributed by atoms with Crippen LogP contribution in [-0.2, 0) is 5.60 Å². The highest BCUT2D eigenvalue weighted by atomic mass is 19.1. The molecule has 0 saturated carbocycles. The van der Waals surface area contributed by atoms with Gasteiger partial charge in [-0.3, -0.25) is 0 Å². The molecular weight excluding hydrogens is 351 g/mol. The highest BCUT2D eigenvalue weighted by Gasteiger charge is 2.27. The third-order valence-corrected chi connectivity index (χ3v) is 5.75. The van der Waals surface area contributed by atoms with Crippen LogP contribution in [0.5, 0.6) is 0 Å².